The maximum atomic E-state index is 11.7. The van der Waals surface area contributed by atoms with Crippen LogP contribution in [0, 0.1) is 0 Å². The summed E-state index contributed by atoms with van der Waals surface area (Å²) in [5, 5.41) is 42.3. The number of hydrogen-bond acceptors (Lipinski definition) is 8. The molecule has 9 unspecified atom stereocenters. The molecule has 4 N–H and O–H groups in total. The zero-order valence-electron chi connectivity index (χ0n) is 28.5. The fourth-order valence-corrected chi connectivity index (χ4v) is 7.29. The first kappa shape index (κ1) is 38.4. The molecule has 9 atom stereocenters. The molecule has 45 heavy (non-hydrogen) atoms. The fourth-order valence-electron chi connectivity index (χ4n) is 7.29. The number of carbonyl (C=O) groups excluding carboxylic acids is 1. The van der Waals surface area contributed by atoms with Gasteiger partial charge in [0.1, 0.15) is 6.10 Å². The molecule has 3 aliphatic rings. The van der Waals surface area contributed by atoms with Gasteiger partial charge < -0.3 is 34.6 Å². The highest BCUT2D eigenvalue weighted by molar-refractivity contribution is 5.90. The average Bonchev–Trinajstić information content (AvgIpc) is 3.77. The number of ether oxygens (including phenoxy) is 3. The minimum atomic E-state index is -0.618. The maximum absolute atomic E-state index is 11.7. The molecule has 3 heterocycles. The van der Waals surface area contributed by atoms with E-state index in [-0.39, 0.29) is 36.5 Å². The molecule has 2 saturated heterocycles. The minimum Gasteiger partial charge on any atom is -0.455 e. The molecule has 8 heteroatoms. The van der Waals surface area contributed by atoms with E-state index >= 15 is 0 Å². The normalized spacial score (nSPS) is 27.8. The topological polar surface area (TPSA) is 126 Å². The molecule has 0 aliphatic carbocycles. The quantitative estimate of drug-likeness (QED) is 0.0634. The van der Waals surface area contributed by atoms with Gasteiger partial charge in [0, 0.05) is 12.0 Å². The summed E-state index contributed by atoms with van der Waals surface area (Å²) in [6.45, 7) is 4.05. The van der Waals surface area contributed by atoms with Gasteiger partial charge in [0.05, 0.1) is 48.8 Å². The Hall–Kier alpha value is -1.03. The second-order valence-electron chi connectivity index (χ2n) is 14.2. The lowest BCUT2D eigenvalue weighted by Gasteiger charge is -2.24. The number of rotatable bonds is 25. The molecule has 0 spiro atoms. The standard InChI is InChI=1S/C37H66O8/c1-3-4-5-6-12-15-18-31(39)35-23-24-36(45-35)33(41)21-20-32(40)34-22-19-30(44-34)17-14-11-9-7-8-10-13-16-29(38)26-28-25-27(2)43-37(28)42/h25,27,29-36,38-41H,3-24,26H2,1-2H3. The highest BCUT2D eigenvalue weighted by Crippen LogP contribution is 2.31. The molecule has 8 nitrogen and oxygen atoms in total. The van der Waals surface area contributed by atoms with Crippen LogP contribution in [0.5, 0.6) is 0 Å². The zero-order valence-corrected chi connectivity index (χ0v) is 28.5. The van der Waals surface area contributed by atoms with Gasteiger partial charge in [-0.15, -0.1) is 0 Å². The number of hydrogen-bond donors (Lipinski definition) is 4. The van der Waals surface area contributed by atoms with Crippen LogP contribution in [-0.2, 0) is 19.0 Å². The Morgan fingerprint density at radius 2 is 1.18 bits per heavy atom. The summed E-state index contributed by atoms with van der Waals surface area (Å²) in [4.78, 5) is 11.7. The van der Waals surface area contributed by atoms with E-state index in [0.29, 0.717) is 24.8 Å². The summed E-state index contributed by atoms with van der Waals surface area (Å²) in [6, 6.07) is 0. The first-order valence-corrected chi connectivity index (χ1v) is 18.7. The fraction of sp³-hybridized carbons (Fsp3) is 0.919. The molecule has 262 valence electrons. The number of unbranched alkanes of at least 4 members (excludes halogenated alkanes) is 11. The largest absolute Gasteiger partial charge is 0.455 e. The van der Waals surface area contributed by atoms with Crippen molar-refractivity contribution in [2.24, 2.45) is 0 Å². The van der Waals surface area contributed by atoms with E-state index in [2.05, 4.69) is 6.92 Å². The molecule has 0 aromatic rings. The first-order valence-electron chi connectivity index (χ1n) is 18.7. The van der Waals surface area contributed by atoms with Crippen molar-refractivity contribution < 1.29 is 39.4 Å². The van der Waals surface area contributed by atoms with E-state index in [4.69, 9.17) is 14.2 Å². The summed E-state index contributed by atoms with van der Waals surface area (Å²) in [5.41, 5.74) is 0.611. The lowest BCUT2D eigenvalue weighted by Crippen LogP contribution is -2.33. The molecule has 3 aliphatic heterocycles. The van der Waals surface area contributed by atoms with Crippen molar-refractivity contribution in [1.29, 1.82) is 0 Å². The number of cyclic esters (lactones) is 1. The maximum Gasteiger partial charge on any atom is 0.334 e. The van der Waals surface area contributed by atoms with Gasteiger partial charge >= 0.3 is 5.97 Å². The van der Waals surface area contributed by atoms with Gasteiger partial charge in [-0.2, -0.15) is 0 Å². The van der Waals surface area contributed by atoms with Crippen LogP contribution in [0.2, 0.25) is 0 Å². The highest BCUT2D eigenvalue weighted by Gasteiger charge is 2.36. The molecule has 0 aromatic heterocycles. The van der Waals surface area contributed by atoms with Gasteiger partial charge in [0.25, 0.3) is 0 Å². The van der Waals surface area contributed by atoms with E-state index in [1.807, 2.05) is 13.0 Å². The van der Waals surface area contributed by atoms with E-state index in [9.17, 15) is 25.2 Å². The SMILES string of the molecule is CCCCCCCCC(O)C1CCC(C(O)CCC(O)C2CCC(CCCCCCCCCC(O)CC3=CC(C)OC3=O)O2)O1. The van der Waals surface area contributed by atoms with Crippen LogP contribution in [0.25, 0.3) is 0 Å². The van der Waals surface area contributed by atoms with Gasteiger partial charge in [-0.05, 0) is 70.8 Å². The Labute approximate surface area is 273 Å². The summed E-state index contributed by atoms with van der Waals surface area (Å²) >= 11 is 0. The van der Waals surface area contributed by atoms with E-state index in [0.717, 1.165) is 77.0 Å². The van der Waals surface area contributed by atoms with Crippen molar-refractivity contribution in [3.63, 3.8) is 0 Å². The van der Waals surface area contributed by atoms with Gasteiger partial charge in [0.2, 0.25) is 0 Å². The summed E-state index contributed by atoms with van der Waals surface area (Å²) in [6.07, 6.45) is 21.7. The Morgan fingerprint density at radius 3 is 1.78 bits per heavy atom. The van der Waals surface area contributed by atoms with Crippen LogP contribution in [0.15, 0.2) is 11.6 Å². The Morgan fingerprint density at radius 1 is 0.667 bits per heavy atom. The number of aliphatic hydroxyl groups is 4. The molecular formula is C37H66O8. The molecule has 3 rings (SSSR count). The monoisotopic (exact) mass is 638 g/mol. The summed E-state index contributed by atoms with van der Waals surface area (Å²) < 4.78 is 17.3. The van der Waals surface area contributed by atoms with Crippen LogP contribution in [0.1, 0.15) is 162 Å². The molecule has 0 bridgehead atoms. The Bertz CT molecular complexity index is 833. The highest BCUT2D eigenvalue weighted by atomic mass is 16.5. The van der Waals surface area contributed by atoms with Crippen molar-refractivity contribution in [1.82, 2.24) is 0 Å². The molecule has 0 radical (unpaired) electrons. The minimum absolute atomic E-state index is 0.145. The van der Waals surface area contributed by atoms with E-state index in [1.54, 1.807) is 0 Å². The van der Waals surface area contributed by atoms with Crippen LogP contribution >= 0.6 is 0 Å². The number of aliphatic hydroxyl groups excluding tert-OH is 4. The average molecular weight is 639 g/mol. The van der Waals surface area contributed by atoms with Crippen LogP contribution in [0.4, 0.5) is 0 Å². The Balaban J connectivity index is 1.14. The number of esters is 1. The van der Waals surface area contributed by atoms with Gasteiger partial charge in [-0.1, -0.05) is 90.4 Å². The van der Waals surface area contributed by atoms with E-state index < -0.39 is 24.4 Å². The van der Waals surface area contributed by atoms with Gasteiger partial charge in [-0.25, -0.2) is 4.79 Å². The lowest BCUT2D eigenvalue weighted by atomic mass is 9.98. The van der Waals surface area contributed by atoms with E-state index in [1.165, 1.54) is 51.4 Å². The van der Waals surface area contributed by atoms with Crippen LogP contribution < -0.4 is 0 Å². The summed E-state index contributed by atoms with van der Waals surface area (Å²) in [5.74, 6) is -0.286. The van der Waals surface area contributed by atoms with Crippen molar-refractivity contribution >= 4 is 5.97 Å². The zero-order chi connectivity index (χ0) is 32.4. The lowest BCUT2D eigenvalue weighted by molar-refractivity contribution is -0.139. The first-order chi connectivity index (χ1) is 21.8. The molecular weight excluding hydrogens is 572 g/mol. The smallest absolute Gasteiger partial charge is 0.334 e. The second-order valence-corrected chi connectivity index (χ2v) is 14.2. The van der Waals surface area contributed by atoms with Crippen molar-refractivity contribution in [2.45, 2.75) is 216 Å². The van der Waals surface area contributed by atoms with Gasteiger partial charge in [-0.3, -0.25) is 0 Å². The van der Waals surface area contributed by atoms with Gasteiger partial charge in [0.15, 0.2) is 0 Å². The predicted molar refractivity (Wildman–Crippen MR) is 177 cm³/mol. The molecule has 0 aromatic carbocycles. The third-order valence-electron chi connectivity index (χ3n) is 10.1. The summed E-state index contributed by atoms with van der Waals surface area (Å²) in [7, 11) is 0. The number of carbonyl (C=O) groups is 1. The molecule has 2 fully saturated rings. The predicted octanol–water partition coefficient (Wildman–Crippen LogP) is 6.83. The van der Waals surface area contributed by atoms with Crippen LogP contribution in [-0.4, -0.2) is 81.3 Å². The van der Waals surface area contributed by atoms with Crippen molar-refractivity contribution in [2.75, 3.05) is 0 Å². The third kappa shape index (κ3) is 14.7. The second kappa shape index (κ2) is 21.8. The molecule has 0 saturated carbocycles. The molecule has 0 amide bonds. The third-order valence-corrected chi connectivity index (χ3v) is 10.1. The van der Waals surface area contributed by atoms with Crippen LogP contribution in [0.3, 0.4) is 0 Å². The van der Waals surface area contributed by atoms with Crippen molar-refractivity contribution in [3.05, 3.63) is 11.6 Å². The Kier molecular flexibility index (Phi) is 18.6. The van der Waals surface area contributed by atoms with Crippen molar-refractivity contribution in [3.8, 4) is 0 Å².